The van der Waals surface area contributed by atoms with E-state index in [1.54, 1.807) is 0 Å². The Kier molecular flexibility index (Phi) is 3.45. The van der Waals surface area contributed by atoms with Gasteiger partial charge in [0.25, 0.3) is 0 Å². The molecule has 19 heavy (non-hydrogen) atoms. The van der Waals surface area contributed by atoms with Crippen molar-refractivity contribution in [1.29, 1.82) is 0 Å². The van der Waals surface area contributed by atoms with Gasteiger partial charge in [0, 0.05) is 11.1 Å². The van der Waals surface area contributed by atoms with Crippen molar-refractivity contribution >= 4 is 22.3 Å². The van der Waals surface area contributed by atoms with Gasteiger partial charge in [-0.15, -0.1) is 0 Å². The maximum atomic E-state index is 4.61. The highest BCUT2D eigenvalue weighted by Crippen LogP contribution is 2.21. The number of hydrogen-bond donors (Lipinski definition) is 1. The number of para-hydroxylation sites is 1. The van der Waals surface area contributed by atoms with Gasteiger partial charge in [-0.2, -0.15) is 5.10 Å². The van der Waals surface area contributed by atoms with E-state index in [0.29, 0.717) is 0 Å². The smallest absolute Gasteiger partial charge is 0.0780 e. The van der Waals surface area contributed by atoms with Crippen LogP contribution in [0.25, 0.3) is 10.9 Å². The number of nitrogens with zero attached hydrogens (tertiary/aromatic N) is 2. The molecule has 1 aromatic heterocycles. The lowest BCUT2D eigenvalue weighted by Crippen LogP contribution is -2.07. The lowest BCUT2D eigenvalue weighted by atomic mass is 9.99. The summed E-state index contributed by atoms with van der Waals surface area (Å²) in [6.07, 6.45) is 6.15. The zero-order valence-electron chi connectivity index (χ0n) is 11.3. The van der Waals surface area contributed by atoms with Crippen molar-refractivity contribution in [3.05, 3.63) is 36.0 Å². The number of pyridine rings is 1. The van der Waals surface area contributed by atoms with Gasteiger partial charge >= 0.3 is 0 Å². The zero-order chi connectivity index (χ0) is 13.1. The highest BCUT2D eigenvalue weighted by atomic mass is 15.3. The van der Waals surface area contributed by atoms with Gasteiger partial charge in [0.1, 0.15) is 0 Å². The largest absolute Gasteiger partial charge is 0.277 e. The van der Waals surface area contributed by atoms with E-state index in [0.717, 1.165) is 35.1 Å². The SMILES string of the molecule is Cc1nc2ccccc2cc1NN=C1CCCCC1. The fraction of sp³-hybridized carbons (Fsp3) is 0.375. The highest BCUT2D eigenvalue weighted by Gasteiger charge is 2.07. The summed E-state index contributed by atoms with van der Waals surface area (Å²) in [5.41, 5.74) is 7.54. The van der Waals surface area contributed by atoms with Crippen molar-refractivity contribution in [3.63, 3.8) is 0 Å². The average Bonchev–Trinajstić information content (AvgIpc) is 2.46. The lowest BCUT2D eigenvalue weighted by molar-refractivity contribution is 0.665. The van der Waals surface area contributed by atoms with Crippen LogP contribution in [0.2, 0.25) is 0 Å². The molecule has 98 valence electrons. The van der Waals surface area contributed by atoms with Crippen LogP contribution >= 0.6 is 0 Å². The van der Waals surface area contributed by atoms with Crippen molar-refractivity contribution in [3.8, 4) is 0 Å². The number of fused-ring (bicyclic) bond motifs is 1. The molecule has 0 saturated heterocycles. The fourth-order valence-corrected chi connectivity index (χ4v) is 2.54. The van der Waals surface area contributed by atoms with Crippen LogP contribution in [0.1, 0.15) is 37.8 Å². The summed E-state index contributed by atoms with van der Waals surface area (Å²) in [7, 11) is 0. The molecule has 3 nitrogen and oxygen atoms in total. The molecule has 1 fully saturated rings. The third-order valence-electron chi connectivity index (χ3n) is 3.68. The van der Waals surface area contributed by atoms with Crippen LogP contribution in [0.4, 0.5) is 5.69 Å². The van der Waals surface area contributed by atoms with Crippen LogP contribution in [0.5, 0.6) is 0 Å². The Hall–Kier alpha value is -1.90. The minimum atomic E-state index is 0.999. The van der Waals surface area contributed by atoms with Crippen LogP contribution in [0, 0.1) is 6.92 Å². The molecule has 3 rings (SSSR count). The monoisotopic (exact) mass is 253 g/mol. The molecule has 1 aromatic carbocycles. The quantitative estimate of drug-likeness (QED) is 0.811. The minimum Gasteiger partial charge on any atom is -0.277 e. The molecule has 2 aromatic rings. The topological polar surface area (TPSA) is 37.3 Å². The standard InChI is InChI=1S/C16H19N3/c1-12-16(19-18-14-8-3-2-4-9-14)11-13-7-5-6-10-15(13)17-12/h5-7,10-11,19H,2-4,8-9H2,1H3. The molecule has 1 aliphatic carbocycles. The highest BCUT2D eigenvalue weighted by molar-refractivity contribution is 5.86. The van der Waals surface area contributed by atoms with Crippen LogP contribution in [0.3, 0.4) is 0 Å². The molecule has 3 heteroatoms. The van der Waals surface area contributed by atoms with Gasteiger partial charge in [-0.05, 0) is 44.7 Å². The van der Waals surface area contributed by atoms with Crippen LogP contribution in [-0.2, 0) is 0 Å². The Morgan fingerprint density at radius 3 is 2.74 bits per heavy atom. The predicted octanol–water partition coefficient (Wildman–Crippen LogP) is 4.28. The Bertz CT molecular complexity index is 608. The first-order valence-electron chi connectivity index (χ1n) is 7.01. The van der Waals surface area contributed by atoms with Gasteiger partial charge < -0.3 is 0 Å². The molecule has 0 spiro atoms. The van der Waals surface area contributed by atoms with Crippen molar-refractivity contribution in [1.82, 2.24) is 4.98 Å². The third kappa shape index (κ3) is 2.75. The van der Waals surface area contributed by atoms with Gasteiger partial charge in [-0.25, -0.2) is 0 Å². The average molecular weight is 253 g/mol. The summed E-state index contributed by atoms with van der Waals surface area (Å²) >= 11 is 0. The number of hydrazone groups is 1. The summed E-state index contributed by atoms with van der Waals surface area (Å²) < 4.78 is 0. The normalized spacial score (nSPS) is 15.5. The Labute approximate surface area is 113 Å². The summed E-state index contributed by atoms with van der Waals surface area (Å²) in [6.45, 7) is 2.02. The first kappa shape index (κ1) is 12.2. The molecule has 1 N–H and O–H groups in total. The molecule has 0 atom stereocenters. The maximum Gasteiger partial charge on any atom is 0.0780 e. The van der Waals surface area contributed by atoms with Crippen molar-refractivity contribution < 1.29 is 0 Å². The number of aryl methyl sites for hydroxylation is 1. The molecule has 1 aliphatic rings. The van der Waals surface area contributed by atoms with E-state index in [2.05, 4.69) is 27.6 Å². The van der Waals surface area contributed by atoms with Gasteiger partial charge in [-0.1, -0.05) is 24.6 Å². The number of anilines is 1. The molecule has 0 amide bonds. The first-order valence-corrected chi connectivity index (χ1v) is 7.01. The van der Waals surface area contributed by atoms with E-state index in [-0.39, 0.29) is 0 Å². The zero-order valence-corrected chi connectivity index (χ0v) is 11.3. The van der Waals surface area contributed by atoms with Crippen molar-refractivity contribution in [2.75, 3.05) is 5.43 Å². The number of rotatable bonds is 2. The number of benzene rings is 1. The van der Waals surface area contributed by atoms with E-state index < -0.39 is 0 Å². The van der Waals surface area contributed by atoms with Gasteiger partial charge in [-0.3, -0.25) is 10.4 Å². The second-order valence-corrected chi connectivity index (χ2v) is 5.16. The second kappa shape index (κ2) is 5.39. The second-order valence-electron chi connectivity index (χ2n) is 5.16. The number of hydrogen-bond acceptors (Lipinski definition) is 3. The van der Waals surface area contributed by atoms with Gasteiger partial charge in [0.2, 0.25) is 0 Å². The first-order chi connectivity index (χ1) is 9.33. The molecule has 1 saturated carbocycles. The molecular formula is C16H19N3. The Morgan fingerprint density at radius 2 is 1.89 bits per heavy atom. The van der Waals surface area contributed by atoms with E-state index in [4.69, 9.17) is 0 Å². The lowest BCUT2D eigenvalue weighted by Gasteiger charge is -2.13. The molecule has 1 heterocycles. The van der Waals surface area contributed by atoms with E-state index in [9.17, 15) is 0 Å². The number of nitrogens with one attached hydrogen (secondary N) is 1. The van der Waals surface area contributed by atoms with Crippen molar-refractivity contribution in [2.24, 2.45) is 5.10 Å². The van der Waals surface area contributed by atoms with E-state index >= 15 is 0 Å². The predicted molar refractivity (Wildman–Crippen MR) is 80.6 cm³/mol. The Morgan fingerprint density at radius 1 is 1.11 bits per heavy atom. The van der Waals surface area contributed by atoms with Crippen molar-refractivity contribution in [2.45, 2.75) is 39.0 Å². The molecule has 0 bridgehead atoms. The minimum absolute atomic E-state index is 0.999. The fourth-order valence-electron chi connectivity index (χ4n) is 2.54. The molecule has 0 unspecified atom stereocenters. The molecule has 0 aliphatic heterocycles. The summed E-state index contributed by atoms with van der Waals surface area (Å²) in [5.74, 6) is 0. The molecular weight excluding hydrogens is 234 g/mol. The van der Waals surface area contributed by atoms with Crippen LogP contribution in [-0.4, -0.2) is 10.7 Å². The van der Waals surface area contributed by atoms with Gasteiger partial charge in [0.05, 0.1) is 16.9 Å². The number of aromatic nitrogens is 1. The van der Waals surface area contributed by atoms with Crippen LogP contribution in [0.15, 0.2) is 35.4 Å². The summed E-state index contributed by atoms with van der Waals surface area (Å²) in [5, 5.41) is 5.70. The summed E-state index contributed by atoms with van der Waals surface area (Å²) in [6, 6.07) is 10.3. The Balaban J connectivity index is 1.85. The maximum absolute atomic E-state index is 4.61. The molecule has 0 radical (unpaired) electrons. The van der Waals surface area contributed by atoms with Crippen LogP contribution < -0.4 is 5.43 Å². The third-order valence-corrected chi connectivity index (χ3v) is 3.68. The van der Waals surface area contributed by atoms with E-state index in [1.807, 2.05) is 25.1 Å². The van der Waals surface area contributed by atoms with E-state index in [1.165, 1.54) is 25.0 Å². The summed E-state index contributed by atoms with van der Waals surface area (Å²) in [4.78, 5) is 4.61. The van der Waals surface area contributed by atoms with Gasteiger partial charge in [0.15, 0.2) is 0 Å².